The quantitative estimate of drug-likeness (QED) is 0.505. The zero-order valence-corrected chi connectivity index (χ0v) is 11.2. The van der Waals surface area contributed by atoms with Crippen LogP contribution in [0, 0.1) is 0 Å². The topological polar surface area (TPSA) is 82.1 Å². The molecule has 1 atom stereocenters. The molecule has 1 rings (SSSR count). The summed E-state index contributed by atoms with van der Waals surface area (Å²) in [7, 11) is -4.45. The molecule has 100 valence electrons. The zero-order chi connectivity index (χ0) is 13.8. The average molecular weight is 274 g/mol. The highest BCUT2D eigenvalue weighted by Gasteiger charge is 2.26. The monoisotopic (exact) mass is 274 g/mol. The summed E-state index contributed by atoms with van der Waals surface area (Å²) < 4.78 is 20.1. The summed E-state index contributed by atoms with van der Waals surface area (Å²) in [5, 5.41) is 0. The fraction of sp³-hybridized carbons (Fsp3) is 0.364. The van der Waals surface area contributed by atoms with E-state index in [1.54, 1.807) is 12.1 Å². The van der Waals surface area contributed by atoms with Crippen LogP contribution in [0.15, 0.2) is 24.3 Å². The van der Waals surface area contributed by atoms with Gasteiger partial charge < -0.3 is 4.52 Å². The highest BCUT2D eigenvalue weighted by molar-refractivity contribution is 7.47. The van der Waals surface area contributed by atoms with Crippen LogP contribution in [0.5, 0.6) is 5.75 Å². The van der Waals surface area contributed by atoms with Crippen LogP contribution >= 0.6 is 7.82 Å². The Balaban J connectivity index is 2.66. The lowest BCUT2D eigenvalue weighted by Gasteiger charge is -2.11. The van der Waals surface area contributed by atoms with Crippen LogP contribution in [-0.4, -0.2) is 10.9 Å². The maximum atomic E-state index is 11.3. The highest BCUT2D eigenvalue weighted by Crippen LogP contribution is 2.44. The fourth-order valence-corrected chi connectivity index (χ4v) is 1.78. The van der Waals surface area contributed by atoms with Crippen molar-refractivity contribution in [3.8, 4) is 5.75 Å². The Morgan fingerprint density at radius 3 is 2.28 bits per heavy atom. The van der Waals surface area contributed by atoms with Gasteiger partial charge in [0.2, 0.25) is 0 Å². The number of carbonyl (C=O) groups is 1. The van der Waals surface area contributed by atoms with Gasteiger partial charge in [-0.2, -0.15) is 0 Å². The van der Waals surface area contributed by atoms with Crippen LogP contribution in [0.3, 0.4) is 0 Å². The Labute approximate surface area is 105 Å². The summed E-state index contributed by atoms with van der Waals surface area (Å²) >= 11 is 0. The van der Waals surface area contributed by atoms with Gasteiger partial charge in [-0.05, 0) is 23.6 Å². The average Bonchev–Trinajstić information content (AvgIpc) is 2.27. The third kappa shape index (κ3) is 4.87. The lowest BCUT2D eigenvalue weighted by molar-refractivity contribution is -0.218. The molecule has 0 saturated heterocycles. The minimum atomic E-state index is -4.45. The molecule has 0 aliphatic rings. The van der Waals surface area contributed by atoms with Crippen molar-refractivity contribution in [3.05, 3.63) is 29.8 Å². The standard InChI is InChI=1S/C11H15O6P/c1-8(2)10-4-6-11(7-5-10)16-18(13,14)17-15-9(3)12/h4-8H,1-3H3,(H,13,14). The first kappa shape index (κ1) is 14.7. The van der Waals surface area contributed by atoms with E-state index in [0.29, 0.717) is 5.92 Å². The lowest BCUT2D eigenvalue weighted by atomic mass is 10.0. The first-order chi connectivity index (χ1) is 8.30. The van der Waals surface area contributed by atoms with Crippen LogP contribution in [0.4, 0.5) is 0 Å². The van der Waals surface area contributed by atoms with Crippen LogP contribution in [0.25, 0.3) is 0 Å². The van der Waals surface area contributed by atoms with E-state index in [0.717, 1.165) is 12.5 Å². The molecule has 6 nitrogen and oxygen atoms in total. The van der Waals surface area contributed by atoms with Crippen molar-refractivity contribution in [2.75, 3.05) is 0 Å². The molecule has 1 aromatic carbocycles. The molecule has 0 aliphatic heterocycles. The molecule has 1 unspecified atom stereocenters. The molecule has 18 heavy (non-hydrogen) atoms. The summed E-state index contributed by atoms with van der Waals surface area (Å²) in [5.41, 5.74) is 1.07. The van der Waals surface area contributed by atoms with Gasteiger partial charge >= 0.3 is 13.8 Å². The largest absolute Gasteiger partial charge is 0.564 e. The zero-order valence-electron chi connectivity index (χ0n) is 10.3. The van der Waals surface area contributed by atoms with Gasteiger partial charge in [-0.25, -0.2) is 9.36 Å². The Morgan fingerprint density at radius 2 is 1.83 bits per heavy atom. The lowest BCUT2D eigenvalue weighted by Crippen LogP contribution is -2.02. The molecule has 0 aromatic heterocycles. The van der Waals surface area contributed by atoms with E-state index < -0.39 is 13.8 Å². The van der Waals surface area contributed by atoms with E-state index in [9.17, 15) is 14.3 Å². The van der Waals surface area contributed by atoms with Crippen molar-refractivity contribution in [2.24, 2.45) is 0 Å². The molecule has 0 bridgehead atoms. The van der Waals surface area contributed by atoms with Gasteiger partial charge in [0.05, 0.1) is 0 Å². The molecule has 7 heteroatoms. The molecule has 0 radical (unpaired) electrons. The number of hydrogen-bond acceptors (Lipinski definition) is 5. The SMILES string of the molecule is CC(=O)OOP(=O)(O)Oc1ccc(C(C)C)cc1. The maximum Gasteiger partial charge on any atom is 0.564 e. The minimum absolute atomic E-state index is 0.150. The van der Waals surface area contributed by atoms with E-state index in [4.69, 9.17) is 4.52 Å². The predicted octanol–water partition coefficient (Wildman–Crippen LogP) is 2.78. The number of carbonyl (C=O) groups excluding carboxylic acids is 1. The second kappa shape index (κ2) is 6.00. The second-order valence-electron chi connectivity index (χ2n) is 3.93. The third-order valence-corrected chi connectivity index (χ3v) is 2.72. The Bertz CT molecular complexity index is 453. The molecule has 0 heterocycles. The van der Waals surface area contributed by atoms with E-state index in [2.05, 4.69) is 9.56 Å². The van der Waals surface area contributed by atoms with E-state index in [-0.39, 0.29) is 5.75 Å². The molecule has 1 N–H and O–H groups in total. The molecular formula is C11H15O6P. The number of phosphoric acid groups is 1. The first-order valence-corrected chi connectivity index (χ1v) is 6.79. The molecular weight excluding hydrogens is 259 g/mol. The van der Waals surface area contributed by atoms with Crippen molar-refractivity contribution in [3.63, 3.8) is 0 Å². The van der Waals surface area contributed by atoms with E-state index >= 15 is 0 Å². The fourth-order valence-electron chi connectivity index (χ4n) is 1.16. The molecule has 0 spiro atoms. The summed E-state index contributed by atoms with van der Waals surface area (Å²) in [6, 6.07) is 6.61. The van der Waals surface area contributed by atoms with Gasteiger partial charge in [0.15, 0.2) is 0 Å². The Hall–Kier alpha value is -1.36. The van der Waals surface area contributed by atoms with E-state index in [1.807, 2.05) is 13.8 Å². The maximum absolute atomic E-state index is 11.3. The van der Waals surface area contributed by atoms with Crippen LogP contribution in [0.1, 0.15) is 32.3 Å². The molecule has 0 fully saturated rings. The molecule has 0 amide bonds. The molecule has 1 aromatic rings. The van der Waals surface area contributed by atoms with Gasteiger partial charge in [0.1, 0.15) is 5.75 Å². The van der Waals surface area contributed by atoms with Crippen LogP contribution < -0.4 is 4.52 Å². The second-order valence-corrected chi connectivity index (χ2v) is 5.20. The highest BCUT2D eigenvalue weighted by atomic mass is 31.2. The first-order valence-electron chi connectivity index (χ1n) is 5.29. The predicted molar refractivity (Wildman–Crippen MR) is 63.8 cm³/mol. The van der Waals surface area contributed by atoms with E-state index in [1.165, 1.54) is 12.1 Å². The minimum Gasteiger partial charge on any atom is -0.402 e. The van der Waals surface area contributed by atoms with Crippen molar-refractivity contribution < 1.29 is 28.3 Å². The number of phosphoric ester groups is 1. The molecule has 0 saturated carbocycles. The van der Waals surface area contributed by atoms with Gasteiger partial charge in [0, 0.05) is 6.92 Å². The molecule has 0 aliphatic carbocycles. The summed E-state index contributed by atoms with van der Waals surface area (Å²) in [4.78, 5) is 23.6. The Kier molecular flexibility index (Phi) is 4.90. The van der Waals surface area contributed by atoms with Gasteiger partial charge in [-0.15, -0.1) is 0 Å². The number of rotatable bonds is 5. The van der Waals surface area contributed by atoms with Crippen molar-refractivity contribution in [2.45, 2.75) is 26.7 Å². The van der Waals surface area contributed by atoms with Gasteiger partial charge in [0.25, 0.3) is 0 Å². The normalized spacial score (nSPS) is 14.1. The number of benzene rings is 1. The summed E-state index contributed by atoms with van der Waals surface area (Å²) in [5.74, 6) is -0.349. The van der Waals surface area contributed by atoms with Gasteiger partial charge in [-0.3, -0.25) is 9.78 Å². The van der Waals surface area contributed by atoms with Gasteiger partial charge in [-0.1, -0.05) is 30.7 Å². The van der Waals surface area contributed by atoms with Crippen molar-refractivity contribution in [1.29, 1.82) is 0 Å². The smallest absolute Gasteiger partial charge is 0.402 e. The Morgan fingerprint density at radius 1 is 1.28 bits per heavy atom. The van der Waals surface area contributed by atoms with Crippen molar-refractivity contribution in [1.82, 2.24) is 0 Å². The summed E-state index contributed by atoms with van der Waals surface area (Å²) in [6.07, 6.45) is 0. The third-order valence-electron chi connectivity index (χ3n) is 2.02. The summed E-state index contributed by atoms with van der Waals surface area (Å²) in [6.45, 7) is 5.09. The van der Waals surface area contributed by atoms with Crippen molar-refractivity contribution >= 4 is 13.8 Å². The number of hydrogen-bond donors (Lipinski definition) is 1. The van der Waals surface area contributed by atoms with Crippen LogP contribution in [-0.2, 0) is 18.9 Å². The van der Waals surface area contributed by atoms with Crippen LogP contribution in [0.2, 0.25) is 0 Å².